The van der Waals surface area contributed by atoms with Gasteiger partial charge in [0.25, 0.3) is 5.91 Å². The highest BCUT2D eigenvalue weighted by atomic mass is 16.2. The highest BCUT2D eigenvalue weighted by Gasteiger charge is 2.55. The van der Waals surface area contributed by atoms with E-state index in [1.807, 2.05) is 42.2 Å². The van der Waals surface area contributed by atoms with E-state index in [-0.39, 0.29) is 30.3 Å². The summed E-state index contributed by atoms with van der Waals surface area (Å²) in [5.74, 6) is -0.303. The lowest BCUT2D eigenvalue weighted by atomic mass is 9.73. The van der Waals surface area contributed by atoms with Crippen LogP contribution in [0.1, 0.15) is 64.7 Å². The van der Waals surface area contributed by atoms with E-state index in [0.717, 1.165) is 55.5 Å². The maximum atomic E-state index is 13.4. The third-order valence-corrected chi connectivity index (χ3v) is 7.04. The molecule has 1 N–H and O–H groups in total. The molecule has 0 aromatic heterocycles. The molecule has 29 heavy (non-hydrogen) atoms. The van der Waals surface area contributed by atoms with Crippen molar-refractivity contribution in [1.29, 1.82) is 0 Å². The Hall–Kier alpha value is -2.37. The minimum atomic E-state index is -0.821. The predicted octanol–water partition coefficient (Wildman–Crippen LogP) is 3.85. The number of benzene rings is 1. The molecule has 3 aliphatic rings. The normalized spacial score (nSPS) is 27.9. The van der Waals surface area contributed by atoms with Gasteiger partial charge in [-0.2, -0.15) is 0 Å². The Balaban J connectivity index is 1.56. The third-order valence-electron chi connectivity index (χ3n) is 7.04. The Labute approximate surface area is 172 Å². The molecule has 2 aliphatic carbocycles. The van der Waals surface area contributed by atoms with Gasteiger partial charge in [-0.05, 0) is 43.7 Å². The van der Waals surface area contributed by atoms with Gasteiger partial charge in [0.15, 0.2) is 0 Å². The van der Waals surface area contributed by atoms with E-state index >= 15 is 0 Å². The van der Waals surface area contributed by atoms with Crippen molar-refractivity contribution in [2.75, 3.05) is 11.4 Å². The summed E-state index contributed by atoms with van der Waals surface area (Å²) in [4.78, 5) is 42.3. The molecule has 156 valence electrons. The Kier molecular flexibility index (Phi) is 5.61. The van der Waals surface area contributed by atoms with E-state index in [9.17, 15) is 14.4 Å². The number of hydrogen-bond donors (Lipinski definition) is 1. The van der Waals surface area contributed by atoms with Gasteiger partial charge in [-0.15, -0.1) is 0 Å². The number of para-hydroxylation sites is 1. The van der Waals surface area contributed by atoms with Gasteiger partial charge in [0.05, 0.1) is 0 Å². The number of amides is 4. The molecule has 1 aromatic rings. The maximum absolute atomic E-state index is 13.4. The summed E-state index contributed by atoms with van der Waals surface area (Å²) in [6.45, 7) is 1.84. The molecule has 3 fully saturated rings. The molecule has 1 saturated heterocycles. The fourth-order valence-electron chi connectivity index (χ4n) is 5.34. The highest BCUT2D eigenvalue weighted by molar-refractivity contribution is 6.10. The predicted molar refractivity (Wildman–Crippen MR) is 111 cm³/mol. The number of nitrogens with one attached hydrogen (secondary N) is 1. The van der Waals surface area contributed by atoms with Crippen LogP contribution in [-0.4, -0.2) is 40.9 Å². The summed E-state index contributed by atoms with van der Waals surface area (Å²) in [5.41, 5.74) is 0.0232. The largest absolute Gasteiger partial charge is 0.325 e. The van der Waals surface area contributed by atoms with E-state index in [1.54, 1.807) is 0 Å². The zero-order valence-electron chi connectivity index (χ0n) is 17.2. The standard InChI is InChI=1S/C23H31N3O3/c1-17-10-8-9-15-23(17)21(28)25(22(29)24-23)16-20(27)26(18-11-4-2-5-12-18)19-13-6-3-7-14-19/h2,4-5,11-12,17,19H,3,6-10,13-16H2,1H3,(H,24,29)/t17-,23-/m0/s1. The fourth-order valence-corrected chi connectivity index (χ4v) is 5.34. The van der Waals surface area contributed by atoms with Crippen LogP contribution in [0.2, 0.25) is 0 Å². The lowest BCUT2D eigenvalue weighted by Gasteiger charge is -2.37. The van der Waals surface area contributed by atoms with Crippen molar-refractivity contribution in [2.24, 2.45) is 5.92 Å². The second kappa shape index (κ2) is 8.17. The average molecular weight is 398 g/mol. The molecule has 6 heteroatoms. The minimum Gasteiger partial charge on any atom is -0.323 e. The van der Waals surface area contributed by atoms with E-state index in [2.05, 4.69) is 5.32 Å². The number of nitrogens with zero attached hydrogens (tertiary/aromatic N) is 2. The van der Waals surface area contributed by atoms with Gasteiger partial charge in [-0.3, -0.25) is 14.5 Å². The molecular formula is C23H31N3O3. The molecule has 1 spiro atoms. The van der Waals surface area contributed by atoms with Crippen molar-refractivity contribution in [2.45, 2.75) is 76.3 Å². The van der Waals surface area contributed by atoms with Crippen LogP contribution >= 0.6 is 0 Å². The van der Waals surface area contributed by atoms with E-state index in [4.69, 9.17) is 0 Å². The molecule has 0 radical (unpaired) electrons. The van der Waals surface area contributed by atoms with Gasteiger partial charge in [-0.25, -0.2) is 4.79 Å². The first kappa shape index (κ1) is 19.9. The molecule has 1 heterocycles. The van der Waals surface area contributed by atoms with Crippen LogP contribution in [0.3, 0.4) is 0 Å². The molecular weight excluding hydrogens is 366 g/mol. The Morgan fingerprint density at radius 3 is 2.45 bits per heavy atom. The molecule has 0 unspecified atom stereocenters. The lowest BCUT2D eigenvalue weighted by Crippen LogP contribution is -2.54. The summed E-state index contributed by atoms with van der Waals surface area (Å²) in [6.07, 6.45) is 8.91. The van der Waals surface area contributed by atoms with Gasteiger partial charge in [0.2, 0.25) is 5.91 Å². The zero-order chi connectivity index (χ0) is 20.4. The summed E-state index contributed by atoms with van der Waals surface area (Å²) < 4.78 is 0. The van der Waals surface area contributed by atoms with Crippen molar-refractivity contribution in [3.8, 4) is 0 Å². The Bertz CT molecular complexity index is 775. The number of rotatable bonds is 4. The Morgan fingerprint density at radius 1 is 1.07 bits per heavy atom. The molecule has 4 amide bonds. The molecule has 4 rings (SSSR count). The van der Waals surface area contributed by atoms with Crippen LogP contribution < -0.4 is 10.2 Å². The summed E-state index contributed by atoms with van der Waals surface area (Å²) >= 11 is 0. The van der Waals surface area contributed by atoms with Crippen LogP contribution in [0.25, 0.3) is 0 Å². The van der Waals surface area contributed by atoms with Crippen LogP contribution in [0.4, 0.5) is 10.5 Å². The SMILES string of the molecule is C[C@H]1CCCC[C@]12NC(=O)N(CC(=O)N(c1ccccc1)C1CCCCC1)C2=O. The third kappa shape index (κ3) is 3.65. The molecule has 1 aromatic carbocycles. The van der Waals surface area contributed by atoms with Crippen molar-refractivity contribution in [3.05, 3.63) is 30.3 Å². The minimum absolute atomic E-state index is 0.0939. The monoisotopic (exact) mass is 397 g/mol. The Morgan fingerprint density at radius 2 is 1.76 bits per heavy atom. The fraction of sp³-hybridized carbons (Fsp3) is 0.609. The zero-order valence-corrected chi connectivity index (χ0v) is 17.2. The van der Waals surface area contributed by atoms with E-state index < -0.39 is 11.6 Å². The summed E-state index contributed by atoms with van der Waals surface area (Å²) in [5, 5.41) is 2.95. The van der Waals surface area contributed by atoms with Crippen molar-refractivity contribution in [1.82, 2.24) is 10.2 Å². The molecule has 0 bridgehead atoms. The van der Waals surface area contributed by atoms with Crippen molar-refractivity contribution >= 4 is 23.5 Å². The van der Waals surface area contributed by atoms with Gasteiger partial charge >= 0.3 is 6.03 Å². The second-order valence-electron chi connectivity index (χ2n) is 8.83. The molecule has 6 nitrogen and oxygen atoms in total. The maximum Gasteiger partial charge on any atom is 0.325 e. The average Bonchev–Trinajstić information content (AvgIpc) is 2.97. The van der Waals surface area contributed by atoms with Gasteiger partial charge in [-0.1, -0.05) is 57.2 Å². The van der Waals surface area contributed by atoms with Gasteiger partial charge < -0.3 is 10.2 Å². The van der Waals surface area contributed by atoms with Crippen molar-refractivity contribution in [3.63, 3.8) is 0 Å². The molecule has 2 saturated carbocycles. The number of carbonyl (C=O) groups excluding carboxylic acids is 3. The number of imide groups is 1. The van der Waals surface area contributed by atoms with Crippen LogP contribution in [0.5, 0.6) is 0 Å². The van der Waals surface area contributed by atoms with Gasteiger partial charge in [0.1, 0.15) is 12.1 Å². The van der Waals surface area contributed by atoms with E-state index in [0.29, 0.717) is 6.42 Å². The van der Waals surface area contributed by atoms with Crippen LogP contribution in [0.15, 0.2) is 30.3 Å². The number of anilines is 1. The van der Waals surface area contributed by atoms with Crippen molar-refractivity contribution < 1.29 is 14.4 Å². The first-order chi connectivity index (χ1) is 14.0. The van der Waals surface area contributed by atoms with Crippen LogP contribution in [0, 0.1) is 5.92 Å². The second-order valence-corrected chi connectivity index (χ2v) is 8.83. The topological polar surface area (TPSA) is 69.7 Å². The highest BCUT2D eigenvalue weighted by Crippen LogP contribution is 2.38. The summed E-state index contributed by atoms with van der Waals surface area (Å²) in [6, 6.07) is 9.34. The smallest absolute Gasteiger partial charge is 0.323 e. The number of carbonyl (C=O) groups is 3. The molecule has 1 aliphatic heterocycles. The molecule has 2 atom stereocenters. The first-order valence-corrected chi connectivity index (χ1v) is 11.0. The van der Waals surface area contributed by atoms with Gasteiger partial charge in [0, 0.05) is 11.7 Å². The van der Waals surface area contributed by atoms with Crippen LogP contribution in [-0.2, 0) is 9.59 Å². The quantitative estimate of drug-likeness (QED) is 0.785. The lowest BCUT2D eigenvalue weighted by molar-refractivity contribution is -0.136. The first-order valence-electron chi connectivity index (χ1n) is 11.0. The number of hydrogen-bond acceptors (Lipinski definition) is 3. The summed E-state index contributed by atoms with van der Waals surface area (Å²) in [7, 11) is 0. The number of urea groups is 1. The van der Waals surface area contributed by atoms with E-state index in [1.165, 1.54) is 6.42 Å².